The molecule has 1 aliphatic carbocycles. The SMILES string of the molecule is Cc1ccc(CN(C)C)cc1NC(=O)c1ccc2c(c1)CCC2. The van der Waals surface area contributed by atoms with Crippen LogP contribution in [0.1, 0.15) is 39.0 Å². The summed E-state index contributed by atoms with van der Waals surface area (Å²) in [5, 5.41) is 3.07. The Morgan fingerprint density at radius 2 is 1.87 bits per heavy atom. The molecule has 1 N–H and O–H groups in total. The van der Waals surface area contributed by atoms with E-state index in [1.807, 2.05) is 27.1 Å². The van der Waals surface area contributed by atoms with Gasteiger partial charge in [-0.1, -0.05) is 18.2 Å². The summed E-state index contributed by atoms with van der Waals surface area (Å²) in [7, 11) is 4.09. The van der Waals surface area contributed by atoms with Crippen LogP contribution in [0.3, 0.4) is 0 Å². The molecule has 0 saturated heterocycles. The Balaban J connectivity index is 1.79. The van der Waals surface area contributed by atoms with E-state index in [1.165, 1.54) is 23.1 Å². The van der Waals surface area contributed by atoms with Crippen LogP contribution in [0.15, 0.2) is 36.4 Å². The summed E-state index contributed by atoms with van der Waals surface area (Å²) >= 11 is 0. The fourth-order valence-corrected chi connectivity index (χ4v) is 3.17. The Bertz CT molecular complexity index is 734. The molecule has 0 spiro atoms. The van der Waals surface area contributed by atoms with Crippen LogP contribution in [0.5, 0.6) is 0 Å². The summed E-state index contributed by atoms with van der Waals surface area (Å²) in [6, 6.07) is 12.3. The van der Waals surface area contributed by atoms with Crippen molar-refractivity contribution in [2.24, 2.45) is 0 Å². The molecule has 2 aromatic carbocycles. The zero-order chi connectivity index (χ0) is 16.4. The first-order valence-electron chi connectivity index (χ1n) is 8.20. The normalized spacial score (nSPS) is 13.2. The van der Waals surface area contributed by atoms with Crippen molar-refractivity contribution in [2.45, 2.75) is 32.7 Å². The molecular weight excluding hydrogens is 284 g/mol. The van der Waals surface area contributed by atoms with E-state index in [1.54, 1.807) is 0 Å². The Morgan fingerprint density at radius 1 is 1.09 bits per heavy atom. The first-order chi connectivity index (χ1) is 11.0. The second kappa shape index (κ2) is 6.55. The van der Waals surface area contributed by atoms with Crippen LogP contribution in [0.2, 0.25) is 0 Å². The Kier molecular flexibility index (Phi) is 4.49. The average Bonchev–Trinajstić information content (AvgIpc) is 2.97. The van der Waals surface area contributed by atoms with Crippen LogP contribution in [-0.2, 0) is 19.4 Å². The van der Waals surface area contributed by atoms with Gasteiger partial charge in [0.25, 0.3) is 5.91 Å². The predicted octanol–water partition coefficient (Wildman–Crippen LogP) is 3.80. The van der Waals surface area contributed by atoms with E-state index >= 15 is 0 Å². The highest BCUT2D eigenvalue weighted by Crippen LogP contribution is 2.24. The van der Waals surface area contributed by atoms with E-state index in [2.05, 4.69) is 40.5 Å². The van der Waals surface area contributed by atoms with Crippen LogP contribution < -0.4 is 5.32 Å². The minimum Gasteiger partial charge on any atom is -0.322 e. The van der Waals surface area contributed by atoms with E-state index < -0.39 is 0 Å². The average molecular weight is 308 g/mol. The standard InChI is InChI=1S/C20H24N2O/c1-14-7-8-15(13-22(2)3)11-19(14)21-20(23)18-10-9-16-5-4-6-17(16)12-18/h7-12H,4-6,13H2,1-3H3,(H,21,23). The van der Waals surface area contributed by atoms with Crippen molar-refractivity contribution in [1.82, 2.24) is 4.90 Å². The van der Waals surface area contributed by atoms with E-state index in [0.29, 0.717) is 0 Å². The lowest BCUT2D eigenvalue weighted by Crippen LogP contribution is -2.15. The Morgan fingerprint density at radius 3 is 2.65 bits per heavy atom. The number of nitrogens with zero attached hydrogens (tertiary/aromatic N) is 1. The van der Waals surface area contributed by atoms with Crippen molar-refractivity contribution >= 4 is 11.6 Å². The summed E-state index contributed by atoms with van der Waals surface area (Å²) in [5.74, 6) is -0.0233. The molecule has 0 aliphatic heterocycles. The maximum Gasteiger partial charge on any atom is 0.255 e. The van der Waals surface area contributed by atoms with Gasteiger partial charge in [0.15, 0.2) is 0 Å². The monoisotopic (exact) mass is 308 g/mol. The summed E-state index contributed by atoms with van der Waals surface area (Å²) in [6.07, 6.45) is 3.43. The van der Waals surface area contributed by atoms with Crippen molar-refractivity contribution in [1.29, 1.82) is 0 Å². The molecule has 0 fully saturated rings. The van der Waals surface area contributed by atoms with E-state index in [4.69, 9.17) is 0 Å². The molecule has 0 bridgehead atoms. The van der Waals surface area contributed by atoms with Gasteiger partial charge in [0.1, 0.15) is 0 Å². The molecule has 3 rings (SSSR count). The smallest absolute Gasteiger partial charge is 0.255 e. The fraction of sp³-hybridized carbons (Fsp3) is 0.350. The number of fused-ring (bicyclic) bond motifs is 1. The van der Waals surface area contributed by atoms with E-state index in [-0.39, 0.29) is 5.91 Å². The Labute approximate surface area is 138 Å². The highest BCUT2D eigenvalue weighted by atomic mass is 16.1. The van der Waals surface area contributed by atoms with Gasteiger partial charge >= 0.3 is 0 Å². The van der Waals surface area contributed by atoms with E-state index in [9.17, 15) is 4.79 Å². The first kappa shape index (κ1) is 15.8. The number of benzene rings is 2. The van der Waals surface area contributed by atoms with Gasteiger partial charge in [-0.3, -0.25) is 4.79 Å². The van der Waals surface area contributed by atoms with Crippen molar-refractivity contribution in [3.8, 4) is 0 Å². The number of amides is 1. The number of nitrogens with one attached hydrogen (secondary N) is 1. The second-order valence-electron chi connectivity index (χ2n) is 6.68. The minimum absolute atomic E-state index is 0.0233. The van der Waals surface area contributed by atoms with Gasteiger partial charge in [0.2, 0.25) is 0 Å². The number of hydrogen-bond acceptors (Lipinski definition) is 2. The fourth-order valence-electron chi connectivity index (χ4n) is 3.17. The molecule has 23 heavy (non-hydrogen) atoms. The highest BCUT2D eigenvalue weighted by Gasteiger charge is 2.14. The molecular formula is C20H24N2O. The predicted molar refractivity (Wildman–Crippen MR) is 95.0 cm³/mol. The number of hydrogen-bond donors (Lipinski definition) is 1. The number of rotatable bonds is 4. The molecule has 0 aromatic heterocycles. The molecule has 0 saturated carbocycles. The third kappa shape index (κ3) is 3.62. The lowest BCUT2D eigenvalue weighted by atomic mass is 10.1. The lowest BCUT2D eigenvalue weighted by Gasteiger charge is -2.14. The summed E-state index contributed by atoms with van der Waals surface area (Å²) in [4.78, 5) is 14.7. The van der Waals surface area contributed by atoms with Crippen LogP contribution >= 0.6 is 0 Å². The van der Waals surface area contributed by atoms with E-state index in [0.717, 1.165) is 36.2 Å². The quantitative estimate of drug-likeness (QED) is 0.932. The van der Waals surface area contributed by atoms with Crippen LogP contribution in [0.4, 0.5) is 5.69 Å². The van der Waals surface area contributed by atoms with Crippen LogP contribution in [0.25, 0.3) is 0 Å². The molecule has 3 nitrogen and oxygen atoms in total. The van der Waals surface area contributed by atoms with Gasteiger partial charge in [-0.05, 0) is 80.7 Å². The maximum absolute atomic E-state index is 12.6. The van der Waals surface area contributed by atoms with Crippen molar-refractivity contribution in [3.63, 3.8) is 0 Å². The molecule has 120 valence electrons. The minimum atomic E-state index is -0.0233. The topological polar surface area (TPSA) is 32.3 Å². The van der Waals surface area contributed by atoms with Crippen LogP contribution in [-0.4, -0.2) is 24.9 Å². The largest absolute Gasteiger partial charge is 0.322 e. The van der Waals surface area contributed by atoms with Gasteiger partial charge in [0, 0.05) is 17.8 Å². The highest BCUT2D eigenvalue weighted by molar-refractivity contribution is 6.04. The number of aryl methyl sites for hydroxylation is 3. The zero-order valence-electron chi connectivity index (χ0n) is 14.1. The zero-order valence-corrected chi connectivity index (χ0v) is 14.1. The first-order valence-corrected chi connectivity index (χ1v) is 8.20. The summed E-state index contributed by atoms with van der Waals surface area (Å²) in [6.45, 7) is 2.89. The van der Waals surface area contributed by atoms with Crippen molar-refractivity contribution in [3.05, 3.63) is 64.2 Å². The Hall–Kier alpha value is -2.13. The number of carbonyl (C=O) groups excluding carboxylic acids is 1. The van der Waals surface area contributed by atoms with Gasteiger partial charge < -0.3 is 10.2 Å². The molecule has 0 heterocycles. The molecule has 1 aliphatic rings. The van der Waals surface area contributed by atoms with Crippen LogP contribution in [0, 0.1) is 6.92 Å². The second-order valence-corrected chi connectivity index (χ2v) is 6.68. The van der Waals surface area contributed by atoms with Gasteiger partial charge in [-0.15, -0.1) is 0 Å². The van der Waals surface area contributed by atoms with Gasteiger partial charge in [-0.25, -0.2) is 0 Å². The molecule has 2 aromatic rings. The summed E-state index contributed by atoms with van der Waals surface area (Å²) < 4.78 is 0. The van der Waals surface area contributed by atoms with Crippen molar-refractivity contribution < 1.29 is 4.79 Å². The lowest BCUT2D eigenvalue weighted by molar-refractivity contribution is 0.102. The summed E-state index contributed by atoms with van der Waals surface area (Å²) in [5.41, 5.74) is 6.66. The molecule has 0 radical (unpaired) electrons. The molecule has 0 atom stereocenters. The van der Waals surface area contributed by atoms with Gasteiger partial charge in [-0.2, -0.15) is 0 Å². The maximum atomic E-state index is 12.6. The number of anilines is 1. The molecule has 3 heteroatoms. The third-order valence-electron chi connectivity index (χ3n) is 4.41. The number of carbonyl (C=O) groups is 1. The van der Waals surface area contributed by atoms with Gasteiger partial charge in [0.05, 0.1) is 0 Å². The van der Waals surface area contributed by atoms with Crippen molar-refractivity contribution in [2.75, 3.05) is 19.4 Å². The molecule has 0 unspecified atom stereocenters. The molecule has 1 amide bonds. The third-order valence-corrected chi connectivity index (χ3v) is 4.41.